The number of amides is 1. The number of sulfonamides is 1. The minimum absolute atomic E-state index is 0.0137. The van der Waals surface area contributed by atoms with Gasteiger partial charge in [-0.1, -0.05) is 29.8 Å². The molecule has 0 bridgehead atoms. The Morgan fingerprint density at radius 3 is 2.29 bits per heavy atom. The van der Waals surface area contributed by atoms with Crippen molar-refractivity contribution in [1.82, 2.24) is 9.80 Å². The van der Waals surface area contributed by atoms with E-state index in [2.05, 4.69) is 9.62 Å². The molecule has 7 nitrogen and oxygen atoms in total. The van der Waals surface area contributed by atoms with Crippen LogP contribution in [0.1, 0.15) is 15.9 Å². The molecule has 0 aromatic heterocycles. The van der Waals surface area contributed by atoms with Gasteiger partial charge in [-0.05, 0) is 66.6 Å². The fourth-order valence-electron chi connectivity index (χ4n) is 3.97. The monoisotopic (exact) mass is 513 g/mol. The molecule has 0 radical (unpaired) electrons. The number of nitrogens with zero attached hydrogens (tertiary/aromatic N) is 2. The van der Waals surface area contributed by atoms with Crippen LogP contribution in [-0.4, -0.2) is 64.0 Å². The Kier molecular flexibility index (Phi) is 7.95. The number of hydrogen-bond acceptors (Lipinski definition) is 5. The highest BCUT2D eigenvalue weighted by atomic mass is 35.5. The number of carbonyl (C=O) groups is 1. The van der Waals surface area contributed by atoms with Crippen LogP contribution in [0.4, 0.5) is 5.69 Å². The Morgan fingerprint density at radius 2 is 1.66 bits per heavy atom. The van der Waals surface area contributed by atoms with E-state index in [9.17, 15) is 13.2 Å². The van der Waals surface area contributed by atoms with Crippen molar-refractivity contribution >= 4 is 33.2 Å². The van der Waals surface area contributed by atoms with Gasteiger partial charge in [0, 0.05) is 49.0 Å². The molecule has 1 aliphatic rings. The largest absolute Gasteiger partial charge is 0.497 e. The third-order valence-electron chi connectivity index (χ3n) is 6.02. The summed E-state index contributed by atoms with van der Waals surface area (Å²) in [6.07, 6.45) is 0.841. The Morgan fingerprint density at radius 1 is 0.971 bits per heavy atom. The number of methoxy groups -OCH3 is 1. The predicted octanol–water partition coefficient (Wildman–Crippen LogP) is 4.15. The summed E-state index contributed by atoms with van der Waals surface area (Å²) in [5.41, 5.74) is 2.25. The van der Waals surface area contributed by atoms with E-state index >= 15 is 0 Å². The minimum Gasteiger partial charge on any atom is -0.497 e. The first-order chi connectivity index (χ1) is 16.8. The first-order valence-electron chi connectivity index (χ1n) is 11.4. The van der Waals surface area contributed by atoms with Gasteiger partial charge in [-0.15, -0.1) is 0 Å². The summed E-state index contributed by atoms with van der Waals surface area (Å²) in [6, 6.07) is 20.7. The van der Waals surface area contributed by atoms with Crippen LogP contribution in [0, 0.1) is 0 Å². The first kappa shape index (κ1) is 25.0. The van der Waals surface area contributed by atoms with Crippen molar-refractivity contribution < 1.29 is 17.9 Å². The highest BCUT2D eigenvalue weighted by Crippen LogP contribution is 2.20. The average Bonchev–Trinajstić information content (AvgIpc) is 2.88. The number of piperazine rings is 1. The van der Waals surface area contributed by atoms with Crippen LogP contribution >= 0.6 is 11.6 Å². The second-order valence-electron chi connectivity index (χ2n) is 8.37. The molecule has 1 saturated heterocycles. The maximum atomic E-state index is 12.7. The second-order valence-corrected chi connectivity index (χ2v) is 10.5. The van der Waals surface area contributed by atoms with Crippen LogP contribution in [0.15, 0.2) is 77.7 Å². The van der Waals surface area contributed by atoms with Crippen molar-refractivity contribution in [2.45, 2.75) is 11.3 Å². The van der Waals surface area contributed by atoms with E-state index in [0.29, 0.717) is 35.1 Å². The SMILES string of the molecule is COc1ccc(S(=O)(=O)Nc2ccc(CCN3CCN(C(=O)c4cccc(Cl)c4)CC3)cc2)cc1. The highest BCUT2D eigenvalue weighted by Gasteiger charge is 2.22. The number of ether oxygens (including phenoxy) is 1. The van der Waals surface area contributed by atoms with Crippen molar-refractivity contribution in [2.24, 2.45) is 0 Å². The van der Waals surface area contributed by atoms with Gasteiger partial charge >= 0.3 is 0 Å². The quantitative estimate of drug-likeness (QED) is 0.489. The molecule has 0 unspecified atom stereocenters. The van der Waals surface area contributed by atoms with E-state index in [1.54, 1.807) is 48.5 Å². The molecule has 184 valence electrons. The van der Waals surface area contributed by atoms with Gasteiger partial charge in [0.05, 0.1) is 12.0 Å². The van der Waals surface area contributed by atoms with Crippen molar-refractivity contribution in [1.29, 1.82) is 0 Å². The highest BCUT2D eigenvalue weighted by molar-refractivity contribution is 7.92. The first-order valence-corrected chi connectivity index (χ1v) is 13.2. The molecule has 1 aliphatic heterocycles. The molecular formula is C26H28ClN3O4S. The van der Waals surface area contributed by atoms with Gasteiger partial charge in [0.25, 0.3) is 15.9 Å². The molecule has 0 atom stereocenters. The van der Waals surface area contributed by atoms with E-state index in [1.165, 1.54) is 19.2 Å². The van der Waals surface area contributed by atoms with E-state index in [-0.39, 0.29) is 10.8 Å². The van der Waals surface area contributed by atoms with Crippen LogP contribution in [0.5, 0.6) is 5.75 Å². The number of hydrogen-bond donors (Lipinski definition) is 1. The van der Waals surface area contributed by atoms with Crippen LogP contribution in [0.2, 0.25) is 5.02 Å². The number of anilines is 1. The van der Waals surface area contributed by atoms with Crippen LogP contribution in [-0.2, 0) is 16.4 Å². The summed E-state index contributed by atoms with van der Waals surface area (Å²) >= 11 is 6.01. The molecule has 35 heavy (non-hydrogen) atoms. The maximum Gasteiger partial charge on any atom is 0.261 e. The summed E-state index contributed by atoms with van der Waals surface area (Å²) in [7, 11) is -2.13. The molecule has 1 N–H and O–H groups in total. The van der Waals surface area contributed by atoms with Crippen molar-refractivity contribution in [3.63, 3.8) is 0 Å². The summed E-state index contributed by atoms with van der Waals surface area (Å²) in [5.74, 6) is 0.613. The lowest BCUT2D eigenvalue weighted by Crippen LogP contribution is -2.49. The van der Waals surface area contributed by atoms with Crippen molar-refractivity contribution in [3.8, 4) is 5.75 Å². The zero-order chi connectivity index (χ0) is 24.8. The summed E-state index contributed by atoms with van der Waals surface area (Å²) in [6.45, 7) is 3.85. The average molecular weight is 514 g/mol. The van der Waals surface area contributed by atoms with E-state index in [1.807, 2.05) is 17.0 Å². The second kappa shape index (κ2) is 11.1. The zero-order valence-electron chi connectivity index (χ0n) is 19.5. The fourth-order valence-corrected chi connectivity index (χ4v) is 5.22. The molecule has 9 heteroatoms. The molecule has 1 heterocycles. The van der Waals surface area contributed by atoms with Crippen molar-refractivity contribution in [3.05, 3.63) is 88.9 Å². The van der Waals surface area contributed by atoms with Crippen LogP contribution < -0.4 is 9.46 Å². The standard InChI is InChI=1S/C26H28ClN3O4S/c1-34-24-9-11-25(12-10-24)35(32,33)28-23-7-5-20(6-8-23)13-14-29-15-17-30(18-16-29)26(31)21-3-2-4-22(27)19-21/h2-12,19,28H,13-18H2,1H3. The van der Waals surface area contributed by atoms with Crippen molar-refractivity contribution in [2.75, 3.05) is 44.6 Å². The molecule has 0 spiro atoms. The maximum absolute atomic E-state index is 12.7. The Bertz CT molecular complexity index is 1260. The fraction of sp³-hybridized carbons (Fsp3) is 0.269. The number of carbonyl (C=O) groups excluding carboxylic acids is 1. The summed E-state index contributed by atoms with van der Waals surface area (Å²) < 4.78 is 32.9. The number of rotatable bonds is 8. The minimum atomic E-state index is -3.67. The van der Waals surface area contributed by atoms with Gasteiger partial charge in [-0.25, -0.2) is 8.42 Å². The van der Waals surface area contributed by atoms with Gasteiger partial charge in [-0.2, -0.15) is 0 Å². The van der Waals surface area contributed by atoms with Gasteiger partial charge in [0.1, 0.15) is 5.75 Å². The van der Waals surface area contributed by atoms with Gasteiger partial charge in [0.15, 0.2) is 0 Å². The summed E-state index contributed by atoms with van der Waals surface area (Å²) in [5, 5.41) is 0.564. The van der Waals surface area contributed by atoms with E-state index in [4.69, 9.17) is 16.3 Å². The summed E-state index contributed by atoms with van der Waals surface area (Å²) in [4.78, 5) is 17.1. The lowest BCUT2D eigenvalue weighted by molar-refractivity contribution is 0.0638. The lowest BCUT2D eigenvalue weighted by atomic mass is 10.1. The Hall–Kier alpha value is -3.07. The normalized spacial score (nSPS) is 14.5. The molecular weight excluding hydrogens is 486 g/mol. The predicted molar refractivity (Wildman–Crippen MR) is 138 cm³/mol. The number of halogens is 1. The third-order valence-corrected chi connectivity index (χ3v) is 7.66. The molecule has 1 fully saturated rings. The third kappa shape index (κ3) is 6.54. The van der Waals surface area contributed by atoms with Crippen LogP contribution in [0.3, 0.4) is 0 Å². The van der Waals surface area contributed by atoms with Gasteiger partial charge < -0.3 is 9.64 Å². The number of nitrogens with one attached hydrogen (secondary N) is 1. The van der Waals surface area contributed by atoms with Gasteiger partial charge in [0.2, 0.25) is 0 Å². The van der Waals surface area contributed by atoms with E-state index < -0.39 is 10.0 Å². The molecule has 3 aromatic carbocycles. The van der Waals surface area contributed by atoms with E-state index in [0.717, 1.165) is 31.6 Å². The molecule has 0 aliphatic carbocycles. The van der Waals surface area contributed by atoms with Gasteiger partial charge in [-0.3, -0.25) is 14.4 Å². The Balaban J connectivity index is 1.25. The smallest absolute Gasteiger partial charge is 0.261 e. The lowest BCUT2D eigenvalue weighted by Gasteiger charge is -2.34. The number of benzene rings is 3. The Labute approximate surface area is 211 Å². The molecule has 4 rings (SSSR count). The molecule has 1 amide bonds. The van der Waals surface area contributed by atoms with Crippen LogP contribution in [0.25, 0.3) is 0 Å². The zero-order valence-corrected chi connectivity index (χ0v) is 21.1. The molecule has 0 saturated carbocycles. The topological polar surface area (TPSA) is 79.0 Å². The molecule has 3 aromatic rings.